The molecule has 0 spiro atoms. The van der Waals surface area contributed by atoms with Crippen LogP contribution in [-0.2, 0) is 24.2 Å². The average Bonchev–Trinajstić information content (AvgIpc) is 3.19. The fourth-order valence-electron chi connectivity index (χ4n) is 4.18. The van der Waals surface area contributed by atoms with Crippen LogP contribution >= 0.6 is 0 Å². The lowest BCUT2D eigenvalue weighted by Crippen LogP contribution is -2.41. The van der Waals surface area contributed by atoms with Gasteiger partial charge in [-0.3, -0.25) is 4.79 Å². The molecule has 2 aromatic rings. The maximum Gasteiger partial charge on any atom is 0.223 e. The standard InChI is InChI=1S/C23H26N4O/c1-16-5-7-17(8-6-16)15-25-23(28)18-9-11-27(12-10-18)22-20(14-24)13-19-3-2-4-21(19)26-22/h5-8,13,18H,2-4,9-12,15H2,1H3,(H,25,28). The van der Waals surface area contributed by atoms with Crippen molar-refractivity contribution in [1.29, 1.82) is 5.26 Å². The van der Waals surface area contributed by atoms with Crippen molar-refractivity contribution in [3.05, 3.63) is 58.3 Å². The number of aromatic nitrogens is 1. The van der Waals surface area contributed by atoms with E-state index in [1.165, 1.54) is 11.1 Å². The number of fused-ring (bicyclic) bond motifs is 1. The molecule has 2 aliphatic rings. The number of rotatable bonds is 4. The Balaban J connectivity index is 1.35. The van der Waals surface area contributed by atoms with E-state index >= 15 is 0 Å². The second-order valence-electron chi connectivity index (χ2n) is 7.90. The number of carbonyl (C=O) groups is 1. The van der Waals surface area contributed by atoms with Gasteiger partial charge in [0.15, 0.2) is 0 Å². The van der Waals surface area contributed by atoms with Crippen molar-refractivity contribution in [3.8, 4) is 6.07 Å². The fourth-order valence-corrected chi connectivity index (χ4v) is 4.18. The summed E-state index contributed by atoms with van der Waals surface area (Å²) in [4.78, 5) is 19.5. The van der Waals surface area contributed by atoms with E-state index in [4.69, 9.17) is 4.98 Å². The predicted octanol–water partition coefficient (Wildman–Crippen LogP) is 3.28. The van der Waals surface area contributed by atoms with Crippen molar-refractivity contribution in [1.82, 2.24) is 10.3 Å². The Morgan fingerprint density at radius 2 is 2.00 bits per heavy atom. The van der Waals surface area contributed by atoms with Gasteiger partial charge < -0.3 is 10.2 Å². The molecule has 2 heterocycles. The Morgan fingerprint density at radius 1 is 1.25 bits per heavy atom. The second-order valence-corrected chi connectivity index (χ2v) is 7.90. The molecule has 0 radical (unpaired) electrons. The highest BCUT2D eigenvalue weighted by atomic mass is 16.1. The van der Waals surface area contributed by atoms with Crippen LogP contribution in [0.2, 0.25) is 0 Å². The monoisotopic (exact) mass is 374 g/mol. The van der Waals surface area contributed by atoms with Gasteiger partial charge in [0.1, 0.15) is 11.9 Å². The third-order valence-electron chi connectivity index (χ3n) is 5.90. The molecule has 0 atom stereocenters. The van der Waals surface area contributed by atoms with Gasteiger partial charge in [-0.05, 0) is 56.2 Å². The Kier molecular flexibility index (Phi) is 5.29. The van der Waals surface area contributed by atoms with E-state index in [0.717, 1.165) is 62.3 Å². The molecule has 0 saturated carbocycles. The highest BCUT2D eigenvalue weighted by Gasteiger charge is 2.27. The minimum absolute atomic E-state index is 0.0293. The van der Waals surface area contributed by atoms with E-state index in [-0.39, 0.29) is 11.8 Å². The second kappa shape index (κ2) is 8.02. The van der Waals surface area contributed by atoms with Crippen molar-refractivity contribution in [2.75, 3.05) is 18.0 Å². The Hall–Kier alpha value is -2.87. The van der Waals surface area contributed by atoms with E-state index in [1.54, 1.807) is 0 Å². The first-order chi connectivity index (χ1) is 13.6. The first-order valence-electron chi connectivity index (χ1n) is 10.1. The molecule has 1 aromatic carbocycles. The minimum atomic E-state index is 0.0293. The van der Waals surface area contributed by atoms with E-state index in [1.807, 2.05) is 6.07 Å². The number of carbonyl (C=O) groups excluding carboxylic acids is 1. The lowest BCUT2D eigenvalue weighted by Gasteiger charge is -2.33. The molecule has 1 N–H and O–H groups in total. The zero-order valence-electron chi connectivity index (χ0n) is 16.4. The molecule has 144 valence electrons. The predicted molar refractivity (Wildman–Crippen MR) is 109 cm³/mol. The molecule has 1 amide bonds. The number of benzene rings is 1. The number of amides is 1. The van der Waals surface area contributed by atoms with E-state index < -0.39 is 0 Å². The van der Waals surface area contributed by atoms with Crippen LogP contribution in [0.25, 0.3) is 0 Å². The first kappa shape index (κ1) is 18.5. The number of hydrogen-bond donors (Lipinski definition) is 1. The molecular formula is C23H26N4O. The van der Waals surface area contributed by atoms with Crippen LogP contribution in [0.4, 0.5) is 5.82 Å². The molecule has 4 rings (SSSR count). The minimum Gasteiger partial charge on any atom is -0.355 e. The lowest BCUT2D eigenvalue weighted by molar-refractivity contribution is -0.125. The summed E-state index contributed by atoms with van der Waals surface area (Å²) in [6.45, 7) is 4.17. The molecule has 5 nitrogen and oxygen atoms in total. The number of hydrogen-bond acceptors (Lipinski definition) is 4. The summed E-state index contributed by atoms with van der Waals surface area (Å²) in [5, 5.41) is 12.6. The number of nitrogens with one attached hydrogen (secondary N) is 1. The fraction of sp³-hybridized carbons (Fsp3) is 0.435. The van der Waals surface area contributed by atoms with Crippen LogP contribution in [0.15, 0.2) is 30.3 Å². The quantitative estimate of drug-likeness (QED) is 0.892. The third-order valence-corrected chi connectivity index (χ3v) is 5.90. The maximum absolute atomic E-state index is 12.6. The van der Waals surface area contributed by atoms with Gasteiger partial charge in [-0.1, -0.05) is 29.8 Å². The van der Waals surface area contributed by atoms with Gasteiger partial charge in [-0.25, -0.2) is 4.98 Å². The highest BCUT2D eigenvalue weighted by Crippen LogP contribution is 2.29. The summed E-state index contributed by atoms with van der Waals surface area (Å²) in [5.41, 5.74) is 5.39. The topological polar surface area (TPSA) is 69.0 Å². The maximum atomic E-state index is 12.6. The van der Waals surface area contributed by atoms with Gasteiger partial charge in [0.2, 0.25) is 5.91 Å². The number of pyridine rings is 1. The molecule has 1 aliphatic carbocycles. The smallest absolute Gasteiger partial charge is 0.223 e. The van der Waals surface area contributed by atoms with Gasteiger partial charge in [0.05, 0.1) is 5.56 Å². The van der Waals surface area contributed by atoms with E-state index in [0.29, 0.717) is 12.1 Å². The van der Waals surface area contributed by atoms with Crippen LogP contribution in [0.1, 0.15) is 47.2 Å². The van der Waals surface area contributed by atoms with Crippen molar-refractivity contribution in [2.45, 2.75) is 45.6 Å². The zero-order valence-corrected chi connectivity index (χ0v) is 16.4. The molecule has 28 heavy (non-hydrogen) atoms. The van der Waals surface area contributed by atoms with Crippen molar-refractivity contribution < 1.29 is 4.79 Å². The Bertz CT molecular complexity index is 905. The van der Waals surface area contributed by atoms with Gasteiger partial charge in [0, 0.05) is 31.2 Å². The van der Waals surface area contributed by atoms with Crippen molar-refractivity contribution in [3.63, 3.8) is 0 Å². The Morgan fingerprint density at radius 3 is 2.71 bits per heavy atom. The van der Waals surface area contributed by atoms with Gasteiger partial charge in [0.25, 0.3) is 0 Å². The van der Waals surface area contributed by atoms with Crippen LogP contribution in [0.3, 0.4) is 0 Å². The first-order valence-corrected chi connectivity index (χ1v) is 10.1. The number of piperidine rings is 1. The normalized spacial score (nSPS) is 16.5. The molecule has 5 heteroatoms. The number of nitrogens with zero attached hydrogens (tertiary/aromatic N) is 3. The van der Waals surface area contributed by atoms with E-state index in [2.05, 4.69) is 47.5 Å². The summed E-state index contributed by atoms with van der Waals surface area (Å²) in [6.07, 6.45) is 4.75. The van der Waals surface area contributed by atoms with Crippen LogP contribution in [0, 0.1) is 24.2 Å². The van der Waals surface area contributed by atoms with Crippen molar-refractivity contribution in [2.24, 2.45) is 5.92 Å². The van der Waals surface area contributed by atoms with Crippen LogP contribution in [0.5, 0.6) is 0 Å². The molecule has 0 bridgehead atoms. The number of anilines is 1. The molecular weight excluding hydrogens is 348 g/mol. The summed E-state index contributed by atoms with van der Waals surface area (Å²) in [5.74, 6) is 0.964. The molecule has 1 saturated heterocycles. The van der Waals surface area contributed by atoms with Gasteiger partial charge >= 0.3 is 0 Å². The van der Waals surface area contributed by atoms with Gasteiger partial charge in [-0.2, -0.15) is 5.26 Å². The summed E-state index contributed by atoms with van der Waals surface area (Å²) in [6, 6.07) is 12.6. The highest BCUT2D eigenvalue weighted by molar-refractivity contribution is 5.79. The number of aryl methyl sites for hydroxylation is 3. The SMILES string of the molecule is Cc1ccc(CNC(=O)C2CCN(c3nc4c(cc3C#N)CCC4)CC2)cc1. The number of nitriles is 1. The summed E-state index contributed by atoms with van der Waals surface area (Å²) in [7, 11) is 0. The Labute approximate surface area is 166 Å². The summed E-state index contributed by atoms with van der Waals surface area (Å²) >= 11 is 0. The summed E-state index contributed by atoms with van der Waals surface area (Å²) < 4.78 is 0. The molecule has 1 aromatic heterocycles. The third kappa shape index (κ3) is 3.87. The van der Waals surface area contributed by atoms with Crippen LogP contribution < -0.4 is 10.2 Å². The largest absolute Gasteiger partial charge is 0.355 e. The van der Waals surface area contributed by atoms with Crippen LogP contribution in [-0.4, -0.2) is 24.0 Å². The average molecular weight is 374 g/mol. The van der Waals surface area contributed by atoms with Crippen molar-refractivity contribution >= 4 is 11.7 Å². The zero-order chi connectivity index (χ0) is 19.5. The molecule has 1 fully saturated rings. The molecule has 1 aliphatic heterocycles. The molecule has 0 unspecified atom stereocenters. The lowest BCUT2D eigenvalue weighted by atomic mass is 9.95. The van der Waals surface area contributed by atoms with E-state index in [9.17, 15) is 10.1 Å². The van der Waals surface area contributed by atoms with Gasteiger partial charge in [-0.15, -0.1) is 0 Å².